The normalized spacial score (nSPS) is 16.1. The number of carbonyl (C=O) groups is 3. The van der Waals surface area contributed by atoms with Crippen molar-refractivity contribution < 1.29 is 14.4 Å². The molecular formula is C23H27N3O3S. The minimum Gasteiger partial charge on any atom is -0.352 e. The number of carbonyl (C=O) groups excluding carboxylic acids is 3. The molecular weight excluding hydrogens is 398 g/mol. The third-order valence-corrected chi connectivity index (χ3v) is 5.81. The Morgan fingerprint density at radius 3 is 2.57 bits per heavy atom. The number of rotatable bonds is 7. The van der Waals surface area contributed by atoms with Crippen LogP contribution in [0.1, 0.15) is 25.8 Å². The molecule has 1 atom stereocenters. The summed E-state index contributed by atoms with van der Waals surface area (Å²) in [5, 5.41) is 5.78. The quantitative estimate of drug-likeness (QED) is 0.664. The maximum atomic E-state index is 12.6. The van der Waals surface area contributed by atoms with Crippen LogP contribution in [0.3, 0.4) is 0 Å². The van der Waals surface area contributed by atoms with Gasteiger partial charge in [0.05, 0.1) is 5.92 Å². The summed E-state index contributed by atoms with van der Waals surface area (Å²) in [6, 6.07) is 15.2. The summed E-state index contributed by atoms with van der Waals surface area (Å²) >= 11 is 1.65. The van der Waals surface area contributed by atoms with Crippen LogP contribution in [0.4, 0.5) is 11.4 Å². The minimum absolute atomic E-state index is 0.0366. The van der Waals surface area contributed by atoms with Crippen molar-refractivity contribution in [3.05, 3.63) is 54.1 Å². The molecule has 2 aromatic carbocycles. The molecule has 1 aliphatic rings. The summed E-state index contributed by atoms with van der Waals surface area (Å²) in [4.78, 5) is 39.7. The molecule has 0 spiro atoms. The third kappa shape index (κ3) is 5.42. The van der Waals surface area contributed by atoms with Crippen LogP contribution < -0.4 is 15.5 Å². The van der Waals surface area contributed by atoms with Crippen molar-refractivity contribution in [1.82, 2.24) is 5.32 Å². The van der Waals surface area contributed by atoms with Gasteiger partial charge in [0.15, 0.2) is 0 Å². The first-order valence-electron chi connectivity index (χ1n) is 9.99. The van der Waals surface area contributed by atoms with Crippen LogP contribution in [-0.4, -0.2) is 30.5 Å². The molecule has 2 aromatic rings. The van der Waals surface area contributed by atoms with Gasteiger partial charge in [-0.15, -0.1) is 11.8 Å². The summed E-state index contributed by atoms with van der Waals surface area (Å²) in [6.07, 6.45) is 2.21. The molecule has 30 heavy (non-hydrogen) atoms. The molecule has 0 bridgehead atoms. The predicted octanol–water partition coefficient (Wildman–Crippen LogP) is 3.67. The lowest BCUT2D eigenvalue weighted by molar-refractivity contribution is -0.126. The molecule has 1 saturated heterocycles. The van der Waals surface area contributed by atoms with Crippen LogP contribution in [0.5, 0.6) is 0 Å². The Hall–Kier alpha value is -2.80. The number of nitrogens with zero attached hydrogens (tertiary/aromatic N) is 1. The Labute approximate surface area is 181 Å². The van der Waals surface area contributed by atoms with E-state index in [0.717, 1.165) is 16.1 Å². The predicted molar refractivity (Wildman–Crippen MR) is 120 cm³/mol. The molecule has 0 saturated carbocycles. The van der Waals surface area contributed by atoms with Crippen molar-refractivity contribution in [1.29, 1.82) is 0 Å². The summed E-state index contributed by atoms with van der Waals surface area (Å²) in [5.74, 6) is -0.699. The number of benzene rings is 2. The van der Waals surface area contributed by atoms with Crippen LogP contribution >= 0.6 is 11.8 Å². The van der Waals surface area contributed by atoms with Gasteiger partial charge in [-0.25, -0.2) is 0 Å². The lowest BCUT2D eigenvalue weighted by Crippen LogP contribution is -2.32. The monoisotopic (exact) mass is 425 g/mol. The zero-order valence-corrected chi connectivity index (χ0v) is 18.3. The smallest absolute Gasteiger partial charge is 0.227 e. The van der Waals surface area contributed by atoms with E-state index in [1.54, 1.807) is 16.7 Å². The van der Waals surface area contributed by atoms with Gasteiger partial charge in [0.2, 0.25) is 17.7 Å². The van der Waals surface area contributed by atoms with Gasteiger partial charge < -0.3 is 15.5 Å². The van der Waals surface area contributed by atoms with Gasteiger partial charge in [-0.05, 0) is 48.2 Å². The molecule has 1 fully saturated rings. The largest absolute Gasteiger partial charge is 0.352 e. The highest BCUT2D eigenvalue weighted by molar-refractivity contribution is 7.98. The maximum absolute atomic E-state index is 12.6. The van der Waals surface area contributed by atoms with Gasteiger partial charge in [0, 0.05) is 41.7 Å². The van der Waals surface area contributed by atoms with Crippen molar-refractivity contribution in [2.75, 3.05) is 23.0 Å². The van der Waals surface area contributed by atoms with Gasteiger partial charge in [-0.1, -0.05) is 26.0 Å². The van der Waals surface area contributed by atoms with E-state index in [4.69, 9.17) is 0 Å². The molecule has 3 rings (SSSR count). The van der Waals surface area contributed by atoms with Crippen molar-refractivity contribution in [3.63, 3.8) is 0 Å². The Balaban J connectivity index is 1.56. The molecule has 1 heterocycles. The van der Waals surface area contributed by atoms with Crippen molar-refractivity contribution in [2.24, 2.45) is 11.8 Å². The summed E-state index contributed by atoms with van der Waals surface area (Å²) in [6.45, 7) is 4.40. The van der Waals surface area contributed by atoms with Crippen molar-refractivity contribution in [2.45, 2.75) is 31.7 Å². The van der Waals surface area contributed by atoms with E-state index in [1.807, 2.05) is 68.6 Å². The zero-order valence-electron chi connectivity index (χ0n) is 17.5. The Morgan fingerprint density at radius 1 is 1.17 bits per heavy atom. The molecule has 3 amide bonds. The van der Waals surface area contributed by atoms with Crippen molar-refractivity contribution >= 4 is 40.9 Å². The number of amides is 3. The standard InChI is InChI=1S/C23H27N3O3S/c1-15(2)22(28)25-18-6-4-5-16(11-18)13-24-23(29)17-12-21(27)26(14-17)19-7-9-20(30-3)10-8-19/h4-11,15,17H,12-14H2,1-3H3,(H,24,29)(H,25,28). The SMILES string of the molecule is CSc1ccc(N2CC(C(=O)NCc3cccc(NC(=O)C(C)C)c3)CC2=O)cc1. The summed E-state index contributed by atoms with van der Waals surface area (Å²) < 4.78 is 0. The number of hydrogen-bond acceptors (Lipinski definition) is 4. The second kappa shape index (κ2) is 9.80. The van der Waals surface area contributed by atoms with E-state index in [-0.39, 0.29) is 36.0 Å². The second-order valence-corrected chi connectivity index (χ2v) is 8.55. The molecule has 158 valence electrons. The third-order valence-electron chi connectivity index (χ3n) is 5.07. The lowest BCUT2D eigenvalue weighted by atomic mass is 10.1. The molecule has 0 aliphatic carbocycles. The first kappa shape index (κ1) is 21.9. The average Bonchev–Trinajstić information content (AvgIpc) is 3.14. The maximum Gasteiger partial charge on any atom is 0.227 e. The summed E-state index contributed by atoms with van der Waals surface area (Å²) in [7, 11) is 0. The summed E-state index contributed by atoms with van der Waals surface area (Å²) in [5.41, 5.74) is 2.41. The molecule has 0 aromatic heterocycles. The molecule has 1 unspecified atom stereocenters. The molecule has 2 N–H and O–H groups in total. The zero-order chi connectivity index (χ0) is 21.7. The fourth-order valence-electron chi connectivity index (χ4n) is 3.27. The van der Waals surface area contributed by atoms with E-state index in [2.05, 4.69) is 10.6 Å². The van der Waals surface area contributed by atoms with Gasteiger partial charge >= 0.3 is 0 Å². The molecule has 0 radical (unpaired) electrons. The van der Waals surface area contributed by atoms with E-state index in [0.29, 0.717) is 18.8 Å². The van der Waals surface area contributed by atoms with Crippen molar-refractivity contribution in [3.8, 4) is 0 Å². The number of anilines is 2. The highest BCUT2D eigenvalue weighted by atomic mass is 32.2. The topological polar surface area (TPSA) is 78.5 Å². The van der Waals surface area contributed by atoms with Gasteiger partial charge in [-0.2, -0.15) is 0 Å². The fourth-order valence-corrected chi connectivity index (χ4v) is 3.68. The Bertz CT molecular complexity index is 928. The Kier molecular flexibility index (Phi) is 7.15. The highest BCUT2D eigenvalue weighted by Crippen LogP contribution is 2.27. The van der Waals surface area contributed by atoms with E-state index in [1.165, 1.54) is 0 Å². The van der Waals surface area contributed by atoms with Crippen LogP contribution in [0.25, 0.3) is 0 Å². The Morgan fingerprint density at radius 2 is 1.90 bits per heavy atom. The molecule has 7 heteroatoms. The second-order valence-electron chi connectivity index (χ2n) is 7.67. The van der Waals surface area contributed by atoms with E-state index in [9.17, 15) is 14.4 Å². The molecule has 1 aliphatic heterocycles. The van der Waals surface area contributed by atoms with Crippen LogP contribution in [-0.2, 0) is 20.9 Å². The number of nitrogens with one attached hydrogen (secondary N) is 2. The number of thioether (sulfide) groups is 1. The van der Waals surface area contributed by atoms with Crippen LogP contribution in [0, 0.1) is 11.8 Å². The lowest BCUT2D eigenvalue weighted by Gasteiger charge is -2.17. The fraction of sp³-hybridized carbons (Fsp3) is 0.348. The van der Waals surface area contributed by atoms with Crippen LogP contribution in [0.15, 0.2) is 53.4 Å². The molecule has 6 nitrogen and oxygen atoms in total. The first-order valence-corrected chi connectivity index (χ1v) is 11.2. The van der Waals surface area contributed by atoms with Crippen LogP contribution in [0.2, 0.25) is 0 Å². The van der Waals surface area contributed by atoms with Gasteiger partial charge in [0.1, 0.15) is 0 Å². The van der Waals surface area contributed by atoms with Gasteiger partial charge in [-0.3, -0.25) is 14.4 Å². The number of hydrogen-bond donors (Lipinski definition) is 2. The highest BCUT2D eigenvalue weighted by Gasteiger charge is 2.34. The first-order chi connectivity index (χ1) is 14.4. The van der Waals surface area contributed by atoms with E-state index >= 15 is 0 Å². The van der Waals surface area contributed by atoms with Gasteiger partial charge in [0.25, 0.3) is 0 Å². The average molecular weight is 426 g/mol. The minimum atomic E-state index is -0.374. The van der Waals surface area contributed by atoms with E-state index < -0.39 is 0 Å².